The Morgan fingerprint density at radius 3 is 2.59 bits per heavy atom. The fourth-order valence-corrected chi connectivity index (χ4v) is 2.14. The van der Waals surface area contributed by atoms with E-state index in [1.807, 2.05) is 0 Å². The number of carbonyl (C=O) groups excluding carboxylic acids is 1. The second-order valence-corrected chi connectivity index (χ2v) is 6.18. The topological polar surface area (TPSA) is 80.2 Å². The summed E-state index contributed by atoms with van der Waals surface area (Å²) in [7, 11) is 0. The van der Waals surface area contributed by atoms with Crippen molar-refractivity contribution < 1.29 is 28.2 Å². The fourth-order valence-electron chi connectivity index (χ4n) is 2.14. The van der Waals surface area contributed by atoms with Crippen LogP contribution in [0.2, 0.25) is 0 Å². The van der Waals surface area contributed by atoms with Crippen LogP contribution in [0.5, 0.6) is 17.2 Å². The van der Waals surface area contributed by atoms with Gasteiger partial charge in [0.2, 0.25) is 0 Å². The molecule has 0 aliphatic carbocycles. The van der Waals surface area contributed by atoms with Crippen LogP contribution < -0.4 is 14.9 Å². The summed E-state index contributed by atoms with van der Waals surface area (Å²) in [6.45, 7) is 1.79. The molecular weight excluding hydrogens is 358 g/mol. The van der Waals surface area contributed by atoms with Gasteiger partial charge in [0.25, 0.3) is 5.91 Å². The first kappa shape index (κ1) is 20.2. The van der Waals surface area contributed by atoms with Gasteiger partial charge in [-0.3, -0.25) is 4.79 Å². The molecule has 0 aliphatic rings. The molecule has 0 saturated carbocycles. The Kier molecular flexibility index (Phi) is 6.33. The number of alkyl halides is 2. The minimum absolute atomic E-state index is 0.0712. The summed E-state index contributed by atoms with van der Waals surface area (Å²) in [5, 5.41) is 13.7. The standard InChI is InChI=1S/C19H20F2N2O4/c1-12-6-4-7-13(16(12)24)11-22-23-17(25)19(2,3)27-15-9-5-8-14(10-15)26-18(20)21/h4-11,18,24H,1-3H3,(H,23,25). The third-order valence-electron chi connectivity index (χ3n) is 3.59. The molecule has 0 spiro atoms. The van der Waals surface area contributed by atoms with Crippen molar-refractivity contribution in [3.05, 3.63) is 53.6 Å². The number of hydrazone groups is 1. The number of amides is 1. The SMILES string of the molecule is Cc1cccc(C=NNC(=O)C(C)(C)Oc2cccc(OC(F)F)c2)c1O. The molecule has 144 valence electrons. The summed E-state index contributed by atoms with van der Waals surface area (Å²) in [5.74, 6) is -0.381. The van der Waals surface area contributed by atoms with Crippen molar-refractivity contribution in [3.8, 4) is 17.2 Å². The average molecular weight is 378 g/mol. The Morgan fingerprint density at radius 1 is 1.22 bits per heavy atom. The summed E-state index contributed by atoms with van der Waals surface area (Å²) >= 11 is 0. The first-order valence-corrected chi connectivity index (χ1v) is 8.05. The molecule has 8 heteroatoms. The molecule has 0 saturated heterocycles. The maximum Gasteiger partial charge on any atom is 0.387 e. The van der Waals surface area contributed by atoms with E-state index in [4.69, 9.17) is 4.74 Å². The zero-order valence-corrected chi connectivity index (χ0v) is 15.1. The van der Waals surface area contributed by atoms with Gasteiger partial charge in [-0.2, -0.15) is 13.9 Å². The van der Waals surface area contributed by atoms with E-state index in [0.29, 0.717) is 11.1 Å². The number of para-hydroxylation sites is 1. The molecule has 2 aromatic rings. The number of carbonyl (C=O) groups is 1. The van der Waals surface area contributed by atoms with Crippen LogP contribution in [0.4, 0.5) is 8.78 Å². The van der Waals surface area contributed by atoms with Crippen molar-refractivity contribution >= 4 is 12.1 Å². The molecule has 0 atom stereocenters. The average Bonchev–Trinajstić information content (AvgIpc) is 2.58. The quantitative estimate of drug-likeness (QED) is 0.570. The number of hydrogen-bond acceptors (Lipinski definition) is 5. The van der Waals surface area contributed by atoms with E-state index in [1.165, 1.54) is 44.3 Å². The zero-order valence-electron chi connectivity index (χ0n) is 15.1. The zero-order chi connectivity index (χ0) is 20.0. The number of halogens is 2. The third-order valence-corrected chi connectivity index (χ3v) is 3.59. The lowest BCUT2D eigenvalue weighted by Gasteiger charge is -2.24. The molecule has 0 radical (unpaired) electrons. The predicted molar refractivity (Wildman–Crippen MR) is 96.4 cm³/mol. The van der Waals surface area contributed by atoms with Crippen LogP contribution in [0.15, 0.2) is 47.6 Å². The Balaban J connectivity index is 2.02. The lowest BCUT2D eigenvalue weighted by molar-refractivity contribution is -0.134. The van der Waals surface area contributed by atoms with Crippen molar-refractivity contribution in [1.82, 2.24) is 5.43 Å². The number of phenolic OH excluding ortho intramolecular Hbond substituents is 1. The number of hydrogen-bond donors (Lipinski definition) is 2. The van der Waals surface area contributed by atoms with E-state index in [2.05, 4.69) is 15.3 Å². The van der Waals surface area contributed by atoms with E-state index in [-0.39, 0.29) is 17.2 Å². The first-order valence-electron chi connectivity index (χ1n) is 8.05. The van der Waals surface area contributed by atoms with Crippen LogP contribution in [0.25, 0.3) is 0 Å². The first-order chi connectivity index (χ1) is 12.7. The van der Waals surface area contributed by atoms with Crippen molar-refractivity contribution in [1.29, 1.82) is 0 Å². The Labute approximate surface area is 155 Å². The number of ether oxygens (including phenoxy) is 2. The Morgan fingerprint density at radius 2 is 1.89 bits per heavy atom. The van der Waals surface area contributed by atoms with Gasteiger partial charge in [0.05, 0.1) is 6.21 Å². The molecule has 0 heterocycles. The van der Waals surface area contributed by atoms with Crippen LogP contribution >= 0.6 is 0 Å². The molecule has 1 amide bonds. The number of aryl methyl sites for hydroxylation is 1. The highest BCUT2D eigenvalue weighted by Gasteiger charge is 2.30. The molecule has 0 aromatic heterocycles. The molecular formula is C19H20F2N2O4. The minimum atomic E-state index is -2.95. The summed E-state index contributed by atoms with van der Waals surface area (Å²) < 4.78 is 34.5. The number of aromatic hydroxyl groups is 1. The van der Waals surface area contributed by atoms with Crippen molar-refractivity contribution in [2.45, 2.75) is 33.0 Å². The van der Waals surface area contributed by atoms with E-state index < -0.39 is 18.1 Å². The van der Waals surface area contributed by atoms with Crippen LogP contribution in [-0.4, -0.2) is 29.4 Å². The Bertz CT molecular complexity index is 838. The molecule has 2 N–H and O–H groups in total. The van der Waals surface area contributed by atoms with Gasteiger partial charge in [-0.25, -0.2) is 5.43 Å². The molecule has 0 unspecified atom stereocenters. The van der Waals surface area contributed by atoms with Gasteiger partial charge in [-0.05, 0) is 44.5 Å². The number of phenols is 1. The van der Waals surface area contributed by atoms with E-state index in [9.17, 15) is 18.7 Å². The van der Waals surface area contributed by atoms with Crippen molar-refractivity contribution in [2.75, 3.05) is 0 Å². The predicted octanol–water partition coefficient (Wildman–Crippen LogP) is 3.61. The van der Waals surface area contributed by atoms with Gasteiger partial charge in [-0.1, -0.05) is 18.2 Å². The second-order valence-electron chi connectivity index (χ2n) is 6.18. The largest absolute Gasteiger partial charge is 0.507 e. The highest BCUT2D eigenvalue weighted by molar-refractivity contribution is 5.88. The van der Waals surface area contributed by atoms with Crippen molar-refractivity contribution in [2.24, 2.45) is 5.10 Å². The molecule has 27 heavy (non-hydrogen) atoms. The van der Waals surface area contributed by atoms with Crippen LogP contribution in [0.1, 0.15) is 25.0 Å². The van der Waals surface area contributed by atoms with Gasteiger partial charge < -0.3 is 14.6 Å². The van der Waals surface area contributed by atoms with Crippen LogP contribution in [-0.2, 0) is 4.79 Å². The maximum atomic E-state index is 12.3. The number of benzene rings is 2. The monoisotopic (exact) mass is 378 g/mol. The smallest absolute Gasteiger partial charge is 0.387 e. The van der Waals surface area contributed by atoms with Gasteiger partial charge >= 0.3 is 6.61 Å². The Hall–Kier alpha value is -3.16. The molecule has 0 fully saturated rings. The molecule has 2 aromatic carbocycles. The maximum absolute atomic E-state index is 12.3. The van der Waals surface area contributed by atoms with E-state index in [1.54, 1.807) is 25.1 Å². The lowest BCUT2D eigenvalue weighted by Crippen LogP contribution is -2.44. The number of rotatable bonds is 7. The number of nitrogens with one attached hydrogen (secondary N) is 1. The third kappa shape index (κ3) is 5.67. The molecule has 6 nitrogen and oxygen atoms in total. The minimum Gasteiger partial charge on any atom is -0.507 e. The van der Waals surface area contributed by atoms with Crippen LogP contribution in [0, 0.1) is 6.92 Å². The summed E-state index contributed by atoms with van der Waals surface area (Å²) in [5.41, 5.74) is 2.12. The highest BCUT2D eigenvalue weighted by Crippen LogP contribution is 2.25. The number of nitrogens with zero attached hydrogens (tertiary/aromatic N) is 1. The molecule has 0 aliphatic heterocycles. The molecule has 2 rings (SSSR count). The fraction of sp³-hybridized carbons (Fsp3) is 0.263. The molecule has 0 bridgehead atoms. The van der Waals surface area contributed by atoms with Gasteiger partial charge in [0.1, 0.15) is 17.2 Å². The van der Waals surface area contributed by atoms with Gasteiger partial charge in [-0.15, -0.1) is 0 Å². The summed E-state index contributed by atoms with van der Waals surface area (Å²) in [6.07, 6.45) is 1.31. The van der Waals surface area contributed by atoms with Crippen LogP contribution in [0.3, 0.4) is 0 Å². The highest BCUT2D eigenvalue weighted by atomic mass is 19.3. The normalized spacial score (nSPS) is 11.6. The summed E-state index contributed by atoms with van der Waals surface area (Å²) in [4.78, 5) is 12.3. The van der Waals surface area contributed by atoms with Crippen molar-refractivity contribution in [3.63, 3.8) is 0 Å². The van der Waals surface area contributed by atoms with E-state index >= 15 is 0 Å². The second kappa shape index (κ2) is 8.48. The van der Waals surface area contributed by atoms with Gasteiger partial charge in [0, 0.05) is 11.6 Å². The van der Waals surface area contributed by atoms with Gasteiger partial charge in [0.15, 0.2) is 5.60 Å². The summed E-state index contributed by atoms with van der Waals surface area (Å²) in [6, 6.07) is 10.7. The van der Waals surface area contributed by atoms with E-state index in [0.717, 1.165) is 0 Å². The lowest BCUT2D eigenvalue weighted by atomic mass is 10.1.